The number of hydrogen-bond acceptors (Lipinski definition) is 7. The summed E-state index contributed by atoms with van der Waals surface area (Å²) in [6.07, 6.45) is 6.52. The SMILES string of the molecule is CC(C)CC(NC(=O)C(N)Cc1cnc[nH]1)C(=O)NC(Cc1cnc[nH]1)C(=O)NCC(=O)O. The summed E-state index contributed by atoms with van der Waals surface area (Å²) in [5.41, 5.74) is 7.22. The van der Waals surface area contributed by atoms with E-state index < -0.39 is 48.4 Å². The second-order valence-electron chi connectivity index (χ2n) is 8.03. The first kappa shape index (κ1) is 25.5. The molecule has 0 aliphatic heterocycles. The summed E-state index contributed by atoms with van der Waals surface area (Å²) in [6.45, 7) is 3.18. The lowest BCUT2D eigenvalue weighted by molar-refractivity contribution is -0.138. The molecule has 8 N–H and O–H groups in total. The van der Waals surface area contributed by atoms with Gasteiger partial charge in [-0.3, -0.25) is 19.2 Å². The van der Waals surface area contributed by atoms with Crippen LogP contribution in [0, 0.1) is 5.92 Å². The number of carbonyl (C=O) groups is 4. The molecule has 180 valence electrons. The average molecular weight is 463 g/mol. The zero-order valence-corrected chi connectivity index (χ0v) is 18.5. The highest BCUT2D eigenvalue weighted by molar-refractivity contribution is 5.93. The molecule has 3 atom stereocenters. The number of carboxylic acid groups (broad SMARTS) is 1. The lowest BCUT2D eigenvalue weighted by atomic mass is 10.0. The number of nitrogens with zero attached hydrogens (tertiary/aromatic N) is 2. The molecule has 0 aliphatic rings. The molecule has 33 heavy (non-hydrogen) atoms. The molecule has 0 radical (unpaired) electrons. The molecule has 0 saturated heterocycles. The average Bonchev–Trinajstić information content (AvgIpc) is 3.44. The molecule has 0 fully saturated rings. The minimum Gasteiger partial charge on any atom is -0.480 e. The number of aliphatic carboxylic acids is 1. The summed E-state index contributed by atoms with van der Waals surface area (Å²) in [5.74, 6) is -2.94. The number of nitrogens with two attached hydrogens (primary N) is 1. The highest BCUT2D eigenvalue weighted by atomic mass is 16.4. The van der Waals surface area contributed by atoms with E-state index in [9.17, 15) is 19.2 Å². The van der Waals surface area contributed by atoms with E-state index >= 15 is 0 Å². The number of nitrogens with one attached hydrogen (secondary N) is 5. The van der Waals surface area contributed by atoms with Crippen LogP contribution in [0.15, 0.2) is 25.0 Å². The standard InChI is InChI=1S/C20H30N8O5/c1-11(2)3-15(27-18(31)14(21)4-12-6-22-9-25-12)20(33)28-16(5-13-7-23-10-26-13)19(32)24-8-17(29)30/h6-7,9-11,14-16H,3-5,8,21H2,1-2H3,(H,22,25)(H,23,26)(H,24,32)(H,27,31)(H,28,33)(H,29,30). The Morgan fingerprint density at radius 1 is 0.939 bits per heavy atom. The van der Waals surface area contributed by atoms with Crippen LogP contribution in [0.5, 0.6) is 0 Å². The van der Waals surface area contributed by atoms with Gasteiger partial charge in [0.15, 0.2) is 0 Å². The summed E-state index contributed by atoms with van der Waals surface area (Å²) in [4.78, 5) is 62.4. The van der Waals surface area contributed by atoms with E-state index in [4.69, 9.17) is 10.8 Å². The first-order chi connectivity index (χ1) is 15.7. The first-order valence-corrected chi connectivity index (χ1v) is 10.5. The van der Waals surface area contributed by atoms with Gasteiger partial charge in [-0.15, -0.1) is 0 Å². The number of aromatic amines is 2. The van der Waals surface area contributed by atoms with E-state index in [2.05, 4.69) is 35.9 Å². The zero-order chi connectivity index (χ0) is 24.4. The molecule has 2 rings (SSSR count). The van der Waals surface area contributed by atoms with Crippen molar-refractivity contribution in [1.82, 2.24) is 35.9 Å². The smallest absolute Gasteiger partial charge is 0.322 e. The van der Waals surface area contributed by atoms with Crippen molar-refractivity contribution < 1.29 is 24.3 Å². The van der Waals surface area contributed by atoms with E-state index in [1.165, 1.54) is 18.9 Å². The number of H-pyrrole nitrogens is 2. The van der Waals surface area contributed by atoms with Gasteiger partial charge >= 0.3 is 5.97 Å². The maximum atomic E-state index is 13.0. The Morgan fingerprint density at radius 2 is 1.52 bits per heavy atom. The predicted molar refractivity (Wildman–Crippen MR) is 117 cm³/mol. The van der Waals surface area contributed by atoms with Gasteiger partial charge in [0.2, 0.25) is 17.7 Å². The Kier molecular flexibility index (Phi) is 9.54. The van der Waals surface area contributed by atoms with Crippen LogP contribution in [-0.4, -0.2) is 73.4 Å². The second-order valence-corrected chi connectivity index (χ2v) is 8.03. The van der Waals surface area contributed by atoms with Crippen LogP contribution in [-0.2, 0) is 32.0 Å². The Bertz CT molecular complexity index is 913. The molecule has 2 aromatic rings. The summed E-state index contributed by atoms with van der Waals surface area (Å²) >= 11 is 0. The molecule has 0 aliphatic carbocycles. The summed E-state index contributed by atoms with van der Waals surface area (Å²) < 4.78 is 0. The number of imidazole rings is 2. The molecule has 13 heteroatoms. The fourth-order valence-corrected chi connectivity index (χ4v) is 3.09. The van der Waals surface area contributed by atoms with Gasteiger partial charge < -0.3 is 36.8 Å². The molecular formula is C20H30N8O5. The second kappa shape index (κ2) is 12.3. The molecule has 0 spiro atoms. The van der Waals surface area contributed by atoms with Crippen molar-refractivity contribution in [2.75, 3.05) is 6.54 Å². The number of hydrogen-bond donors (Lipinski definition) is 7. The third-order valence-electron chi connectivity index (χ3n) is 4.70. The van der Waals surface area contributed by atoms with Gasteiger partial charge in [0.25, 0.3) is 0 Å². The Labute approximate surface area is 190 Å². The minimum atomic E-state index is -1.22. The van der Waals surface area contributed by atoms with Crippen molar-refractivity contribution in [2.24, 2.45) is 11.7 Å². The van der Waals surface area contributed by atoms with Crippen LogP contribution in [0.1, 0.15) is 31.7 Å². The topological polar surface area (TPSA) is 208 Å². The third-order valence-corrected chi connectivity index (χ3v) is 4.70. The van der Waals surface area contributed by atoms with Crippen molar-refractivity contribution in [3.05, 3.63) is 36.4 Å². The van der Waals surface area contributed by atoms with E-state index in [0.717, 1.165) is 0 Å². The van der Waals surface area contributed by atoms with Crippen molar-refractivity contribution in [3.8, 4) is 0 Å². The first-order valence-electron chi connectivity index (χ1n) is 10.5. The lowest BCUT2D eigenvalue weighted by Crippen LogP contribution is -2.57. The highest BCUT2D eigenvalue weighted by Gasteiger charge is 2.29. The van der Waals surface area contributed by atoms with Gasteiger partial charge in [-0.05, 0) is 12.3 Å². The number of amides is 3. The van der Waals surface area contributed by atoms with Crippen molar-refractivity contribution >= 4 is 23.7 Å². The molecule has 2 aromatic heterocycles. The molecule has 0 saturated carbocycles. The van der Waals surface area contributed by atoms with E-state index in [1.54, 1.807) is 6.20 Å². The van der Waals surface area contributed by atoms with Crippen molar-refractivity contribution in [1.29, 1.82) is 0 Å². The molecule has 2 heterocycles. The van der Waals surface area contributed by atoms with E-state index in [1.807, 2.05) is 13.8 Å². The van der Waals surface area contributed by atoms with Crippen LogP contribution in [0.4, 0.5) is 0 Å². The fraction of sp³-hybridized carbons (Fsp3) is 0.500. The maximum Gasteiger partial charge on any atom is 0.322 e. The summed E-state index contributed by atoms with van der Waals surface area (Å²) in [7, 11) is 0. The molecule has 0 aromatic carbocycles. The number of carbonyl (C=O) groups excluding carboxylic acids is 3. The van der Waals surface area contributed by atoms with Crippen LogP contribution >= 0.6 is 0 Å². The summed E-state index contributed by atoms with van der Waals surface area (Å²) in [5, 5.41) is 16.4. The monoisotopic (exact) mass is 462 g/mol. The summed E-state index contributed by atoms with van der Waals surface area (Å²) in [6, 6.07) is -2.93. The lowest BCUT2D eigenvalue weighted by Gasteiger charge is -2.25. The van der Waals surface area contributed by atoms with E-state index in [-0.39, 0.29) is 18.8 Å². The van der Waals surface area contributed by atoms with Crippen LogP contribution in [0.25, 0.3) is 0 Å². The highest BCUT2D eigenvalue weighted by Crippen LogP contribution is 2.08. The Balaban J connectivity index is 2.08. The molecule has 0 bridgehead atoms. The van der Waals surface area contributed by atoms with Gasteiger partial charge in [0.1, 0.15) is 18.6 Å². The van der Waals surface area contributed by atoms with E-state index in [0.29, 0.717) is 17.8 Å². The Hall–Kier alpha value is -3.74. The van der Waals surface area contributed by atoms with Gasteiger partial charge in [-0.25, -0.2) is 9.97 Å². The van der Waals surface area contributed by atoms with Crippen molar-refractivity contribution in [2.45, 2.75) is 51.2 Å². The Morgan fingerprint density at radius 3 is 2.03 bits per heavy atom. The molecule has 3 amide bonds. The molecule has 3 unspecified atom stereocenters. The molecule has 13 nitrogen and oxygen atoms in total. The van der Waals surface area contributed by atoms with Crippen LogP contribution in [0.2, 0.25) is 0 Å². The normalized spacial score (nSPS) is 13.7. The van der Waals surface area contributed by atoms with Gasteiger partial charge in [0.05, 0.1) is 18.7 Å². The third kappa shape index (κ3) is 8.73. The van der Waals surface area contributed by atoms with Crippen LogP contribution < -0.4 is 21.7 Å². The molecular weight excluding hydrogens is 432 g/mol. The predicted octanol–water partition coefficient (Wildman–Crippen LogP) is -1.54. The minimum absolute atomic E-state index is 0.0526. The number of rotatable bonds is 13. The van der Waals surface area contributed by atoms with Crippen LogP contribution in [0.3, 0.4) is 0 Å². The van der Waals surface area contributed by atoms with Gasteiger partial charge in [-0.1, -0.05) is 13.8 Å². The van der Waals surface area contributed by atoms with Crippen molar-refractivity contribution in [3.63, 3.8) is 0 Å². The number of carboxylic acids is 1. The largest absolute Gasteiger partial charge is 0.480 e. The maximum absolute atomic E-state index is 13.0. The zero-order valence-electron chi connectivity index (χ0n) is 18.5. The number of aromatic nitrogens is 4. The van der Waals surface area contributed by atoms with Gasteiger partial charge in [-0.2, -0.15) is 0 Å². The van der Waals surface area contributed by atoms with Gasteiger partial charge in [0, 0.05) is 36.6 Å². The fourth-order valence-electron chi connectivity index (χ4n) is 3.09. The quantitative estimate of drug-likeness (QED) is 0.185.